The summed E-state index contributed by atoms with van der Waals surface area (Å²) in [6.07, 6.45) is -0.380. The second-order valence-electron chi connectivity index (χ2n) is 6.04. The van der Waals surface area contributed by atoms with Crippen LogP contribution in [0, 0.1) is 5.92 Å². The van der Waals surface area contributed by atoms with Gasteiger partial charge in [0.2, 0.25) is 5.91 Å². The molecule has 1 unspecified atom stereocenters. The summed E-state index contributed by atoms with van der Waals surface area (Å²) < 4.78 is 30.4. The number of hydrogen-bond acceptors (Lipinski definition) is 4. The highest BCUT2D eigenvalue weighted by Gasteiger charge is 2.24. The smallest absolute Gasteiger partial charge is 0.267 e. The van der Waals surface area contributed by atoms with Crippen molar-refractivity contribution in [3.63, 3.8) is 0 Å². The Morgan fingerprint density at radius 1 is 1.30 bits per heavy atom. The van der Waals surface area contributed by atoms with Gasteiger partial charge in [-0.1, -0.05) is 13.8 Å². The zero-order valence-electron chi connectivity index (χ0n) is 12.7. The van der Waals surface area contributed by atoms with Crippen molar-refractivity contribution in [1.82, 2.24) is 5.32 Å². The van der Waals surface area contributed by atoms with Gasteiger partial charge in [0.1, 0.15) is 18.4 Å². The normalized spacial score (nSPS) is 14.3. The fraction of sp³-hybridized carbons (Fsp3) is 0.917. The van der Waals surface area contributed by atoms with Crippen LogP contribution in [0.2, 0.25) is 0 Å². The number of amides is 1. The SMILES string of the molecule is CC(C)C(=O)NCCC[N+](C)(C)CC(O)CS(=O)(=O)O. The van der Waals surface area contributed by atoms with Gasteiger partial charge in [-0.2, -0.15) is 8.42 Å². The molecule has 1 atom stereocenters. The van der Waals surface area contributed by atoms with E-state index in [1.807, 2.05) is 27.9 Å². The molecule has 0 spiro atoms. The molecule has 0 fully saturated rings. The van der Waals surface area contributed by atoms with E-state index in [0.29, 0.717) is 17.6 Å². The standard InChI is InChI=1S/C12H26N2O5S/c1-10(2)12(16)13-6-5-7-14(3,4)8-11(15)9-20(17,18)19/h10-11,15H,5-9H2,1-4H3,(H-,13,16,17,18,19)/p+1. The minimum absolute atomic E-state index is 0.00159. The molecule has 8 heteroatoms. The number of nitrogens with zero attached hydrogens (tertiary/aromatic N) is 1. The van der Waals surface area contributed by atoms with Crippen molar-refractivity contribution < 1.29 is 27.4 Å². The lowest BCUT2D eigenvalue weighted by Gasteiger charge is -2.31. The summed E-state index contributed by atoms with van der Waals surface area (Å²) in [6, 6.07) is 0. The number of carbonyl (C=O) groups excluding carboxylic acids is 1. The highest BCUT2D eigenvalue weighted by molar-refractivity contribution is 7.85. The number of aliphatic hydroxyl groups is 1. The summed E-state index contributed by atoms with van der Waals surface area (Å²) in [7, 11) is -0.441. The van der Waals surface area contributed by atoms with Crippen LogP contribution in [0.3, 0.4) is 0 Å². The van der Waals surface area contributed by atoms with Crippen LogP contribution in [0.25, 0.3) is 0 Å². The van der Waals surface area contributed by atoms with Crippen LogP contribution in [-0.2, 0) is 14.9 Å². The first-order chi connectivity index (χ1) is 8.93. The summed E-state index contributed by atoms with van der Waals surface area (Å²) in [4.78, 5) is 11.4. The molecule has 0 saturated carbocycles. The second-order valence-corrected chi connectivity index (χ2v) is 7.54. The summed E-state index contributed by atoms with van der Waals surface area (Å²) in [5.41, 5.74) is 0. The fourth-order valence-corrected chi connectivity index (χ4v) is 2.47. The van der Waals surface area contributed by atoms with Gasteiger partial charge in [0.15, 0.2) is 0 Å². The van der Waals surface area contributed by atoms with Gasteiger partial charge in [0.25, 0.3) is 10.1 Å². The molecule has 20 heavy (non-hydrogen) atoms. The number of hydrogen-bond donors (Lipinski definition) is 3. The molecule has 0 aliphatic carbocycles. The molecule has 3 N–H and O–H groups in total. The Kier molecular flexibility index (Phi) is 7.64. The van der Waals surface area contributed by atoms with E-state index in [1.165, 1.54) is 0 Å². The molecule has 7 nitrogen and oxygen atoms in total. The zero-order chi connectivity index (χ0) is 16.0. The Labute approximate surface area is 121 Å². The average molecular weight is 311 g/mol. The van der Waals surface area contributed by atoms with Crippen molar-refractivity contribution in [1.29, 1.82) is 0 Å². The molecular weight excluding hydrogens is 284 g/mol. The second kappa shape index (κ2) is 7.92. The van der Waals surface area contributed by atoms with Crippen LogP contribution in [0.15, 0.2) is 0 Å². The van der Waals surface area contributed by atoms with E-state index >= 15 is 0 Å². The van der Waals surface area contributed by atoms with Crippen LogP contribution < -0.4 is 5.32 Å². The molecule has 0 aliphatic heterocycles. The maximum atomic E-state index is 11.4. The van der Waals surface area contributed by atoms with E-state index in [0.717, 1.165) is 6.42 Å². The lowest BCUT2D eigenvalue weighted by atomic mass is 10.2. The molecule has 120 valence electrons. The largest absolute Gasteiger partial charge is 0.386 e. The first-order valence-corrected chi connectivity index (χ1v) is 8.27. The quantitative estimate of drug-likeness (QED) is 0.302. The van der Waals surface area contributed by atoms with Crippen molar-refractivity contribution >= 4 is 16.0 Å². The average Bonchev–Trinajstić information content (AvgIpc) is 2.19. The molecule has 0 aromatic heterocycles. The third kappa shape index (κ3) is 10.1. The third-order valence-corrected chi connectivity index (χ3v) is 3.68. The van der Waals surface area contributed by atoms with Gasteiger partial charge in [0.05, 0.1) is 20.6 Å². The van der Waals surface area contributed by atoms with Crippen LogP contribution in [0.5, 0.6) is 0 Å². The van der Waals surface area contributed by atoms with E-state index in [2.05, 4.69) is 5.32 Å². The maximum absolute atomic E-state index is 11.4. The van der Waals surface area contributed by atoms with E-state index in [9.17, 15) is 18.3 Å². The van der Waals surface area contributed by atoms with Gasteiger partial charge in [-0.15, -0.1) is 0 Å². The molecule has 0 aromatic carbocycles. The van der Waals surface area contributed by atoms with Crippen molar-refractivity contribution in [2.45, 2.75) is 26.4 Å². The summed E-state index contributed by atoms with van der Waals surface area (Å²) in [6.45, 7) is 5.09. The van der Waals surface area contributed by atoms with Crippen LogP contribution >= 0.6 is 0 Å². The van der Waals surface area contributed by atoms with E-state index < -0.39 is 22.0 Å². The van der Waals surface area contributed by atoms with Gasteiger partial charge in [-0.05, 0) is 0 Å². The van der Waals surface area contributed by atoms with Gasteiger partial charge in [-0.25, -0.2) is 0 Å². The Bertz CT molecular complexity index is 406. The van der Waals surface area contributed by atoms with Gasteiger partial charge in [-0.3, -0.25) is 9.35 Å². The number of nitrogens with one attached hydrogen (secondary N) is 1. The number of rotatable bonds is 9. The van der Waals surface area contributed by atoms with Gasteiger partial charge < -0.3 is 14.9 Å². The molecular formula is C12H27N2O5S+. The molecule has 0 aromatic rings. The van der Waals surface area contributed by atoms with Crippen molar-refractivity contribution in [3.05, 3.63) is 0 Å². The van der Waals surface area contributed by atoms with Gasteiger partial charge >= 0.3 is 0 Å². The van der Waals surface area contributed by atoms with Crippen molar-refractivity contribution in [2.24, 2.45) is 5.92 Å². The minimum atomic E-state index is -4.16. The first kappa shape index (κ1) is 19.3. The number of aliphatic hydroxyl groups excluding tert-OH is 1. The third-order valence-electron chi connectivity index (χ3n) is 2.87. The molecule has 0 bridgehead atoms. The Morgan fingerprint density at radius 3 is 2.30 bits per heavy atom. The number of quaternary nitrogens is 1. The predicted octanol–water partition coefficient (Wildman–Crippen LogP) is -0.526. The summed E-state index contributed by atoms with van der Waals surface area (Å²) in [5, 5.41) is 12.4. The minimum Gasteiger partial charge on any atom is -0.386 e. The molecule has 1 amide bonds. The van der Waals surface area contributed by atoms with Crippen LogP contribution in [0.1, 0.15) is 20.3 Å². The first-order valence-electron chi connectivity index (χ1n) is 6.66. The number of likely N-dealkylation sites (N-methyl/N-ethyl adjacent to an activating group) is 1. The van der Waals surface area contributed by atoms with E-state index in [1.54, 1.807) is 0 Å². The Balaban J connectivity index is 4.04. The molecule has 0 aliphatic rings. The van der Waals surface area contributed by atoms with Crippen LogP contribution in [-0.4, -0.2) is 74.1 Å². The molecule has 0 radical (unpaired) electrons. The molecule has 0 heterocycles. The van der Waals surface area contributed by atoms with Crippen molar-refractivity contribution in [3.8, 4) is 0 Å². The highest BCUT2D eigenvalue weighted by atomic mass is 32.2. The maximum Gasteiger partial charge on any atom is 0.267 e. The fourth-order valence-electron chi connectivity index (χ4n) is 1.88. The lowest BCUT2D eigenvalue weighted by Crippen LogP contribution is -2.48. The predicted molar refractivity (Wildman–Crippen MR) is 76.7 cm³/mol. The summed E-state index contributed by atoms with van der Waals surface area (Å²) >= 11 is 0. The Morgan fingerprint density at radius 2 is 1.85 bits per heavy atom. The monoisotopic (exact) mass is 311 g/mol. The zero-order valence-corrected chi connectivity index (χ0v) is 13.5. The summed E-state index contributed by atoms with van der Waals surface area (Å²) in [5.74, 6) is -0.700. The van der Waals surface area contributed by atoms with Gasteiger partial charge in [0, 0.05) is 18.9 Å². The van der Waals surface area contributed by atoms with E-state index in [-0.39, 0.29) is 18.4 Å². The molecule has 0 rings (SSSR count). The molecule has 0 saturated heterocycles. The number of carbonyl (C=O) groups is 1. The van der Waals surface area contributed by atoms with E-state index in [4.69, 9.17) is 4.55 Å². The topological polar surface area (TPSA) is 104 Å². The van der Waals surface area contributed by atoms with Crippen molar-refractivity contribution in [2.75, 3.05) is 39.5 Å². The Hall–Kier alpha value is -0.700. The van der Waals surface area contributed by atoms with Crippen LogP contribution in [0.4, 0.5) is 0 Å². The highest BCUT2D eigenvalue weighted by Crippen LogP contribution is 2.03. The lowest BCUT2D eigenvalue weighted by molar-refractivity contribution is -0.893.